The van der Waals surface area contributed by atoms with E-state index in [1.54, 1.807) is 18.2 Å². The third-order valence-electron chi connectivity index (χ3n) is 3.67. The van der Waals surface area contributed by atoms with E-state index in [0.29, 0.717) is 16.2 Å². The molecule has 1 N–H and O–H groups in total. The van der Waals surface area contributed by atoms with Gasteiger partial charge in [0.15, 0.2) is 0 Å². The van der Waals surface area contributed by atoms with E-state index in [-0.39, 0.29) is 13.0 Å². The summed E-state index contributed by atoms with van der Waals surface area (Å²) in [4.78, 5) is 26.0. The number of urea groups is 1. The number of alkyl halides is 3. The summed E-state index contributed by atoms with van der Waals surface area (Å²) < 4.78 is 37.2. The predicted octanol–water partition coefficient (Wildman–Crippen LogP) is 2.19. The van der Waals surface area contributed by atoms with E-state index in [1.807, 2.05) is 6.07 Å². The highest BCUT2D eigenvalue weighted by atomic mass is 19.4. The number of hydrogen-bond donors (Lipinski definition) is 1. The van der Waals surface area contributed by atoms with Crippen LogP contribution in [0.25, 0.3) is 0 Å². The van der Waals surface area contributed by atoms with Crippen LogP contribution in [-0.4, -0.2) is 54.1 Å². The second-order valence-electron chi connectivity index (χ2n) is 5.41. The average molecular weight is 340 g/mol. The standard InChI is InChI=1S/C15H15F3N4O2/c1-21(12-5-6-22(13(12)23)9-15(16,17)18)14(24)20-11-4-2-3-10(7-11)8-19/h2-4,7,12H,5-6,9H2,1H3,(H,20,24). The van der Waals surface area contributed by atoms with Gasteiger partial charge >= 0.3 is 12.2 Å². The van der Waals surface area contributed by atoms with Crippen LogP contribution >= 0.6 is 0 Å². The van der Waals surface area contributed by atoms with Gasteiger partial charge in [0, 0.05) is 19.3 Å². The summed E-state index contributed by atoms with van der Waals surface area (Å²) in [5.41, 5.74) is 0.715. The number of hydrogen-bond acceptors (Lipinski definition) is 3. The van der Waals surface area contributed by atoms with Crippen LogP contribution in [0.3, 0.4) is 0 Å². The predicted molar refractivity (Wildman–Crippen MR) is 79.0 cm³/mol. The molecule has 24 heavy (non-hydrogen) atoms. The van der Waals surface area contributed by atoms with Crippen molar-refractivity contribution in [2.24, 2.45) is 0 Å². The third kappa shape index (κ3) is 4.16. The fourth-order valence-electron chi connectivity index (χ4n) is 2.47. The van der Waals surface area contributed by atoms with Crippen LogP contribution < -0.4 is 5.32 Å². The molecule has 0 bridgehead atoms. The number of benzene rings is 1. The molecule has 2 rings (SSSR count). The summed E-state index contributed by atoms with van der Waals surface area (Å²) in [7, 11) is 1.35. The van der Waals surface area contributed by atoms with Crippen molar-refractivity contribution in [3.63, 3.8) is 0 Å². The van der Waals surface area contributed by atoms with Gasteiger partial charge in [-0.25, -0.2) is 4.79 Å². The molecule has 1 atom stereocenters. The minimum atomic E-state index is -4.47. The fourth-order valence-corrected chi connectivity index (χ4v) is 2.47. The summed E-state index contributed by atoms with van der Waals surface area (Å²) in [6.45, 7) is -1.37. The van der Waals surface area contributed by atoms with Gasteiger partial charge in [-0.15, -0.1) is 0 Å². The first-order chi connectivity index (χ1) is 11.2. The monoisotopic (exact) mass is 340 g/mol. The van der Waals surface area contributed by atoms with Gasteiger partial charge in [-0.2, -0.15) is 18.4 Å². The lowest BCUT2D eigenvalue weighted by Crippen LogP contribution is -2.46. The number of amides is 3. The summed E-state index contributed by atoms with van der Waals surface area (Å²) in [6, 6.07) is 6.53. The summed E-state index contributed by atoms with van der Waals surface area (Å²) >= 11 is 0. The Kier molecular flexibility index (Phi) is 4.97. The Morgan fingerprint density at radius 2 is 2.21 bits per heavy atom. The number of rotatable bonds is 3. The number of likely N-dealkylation sites (tertiary alicyclic amines) is 1. The number of anilines is 1. The first-order valence-electron chi connectivity index (χ1n) is 7.11. The molecule has 1 aromatic carbocycles. The van der Waals surface area contributed by atoms with E-state index in [4.69, 9.17) is 5.26 Å². The van der Waals surface area contributed by atoms with Gasteiger partial charge in [0.1, 0.15) is 12.6 Å². The zero-order valence-corrected chi connectivity index (χ0v) is 12.8. The fraction of sp³-hybridized carbons (Fsp3) is 0.400. The normalized spacial score (nSPS) is 17.5. The maximum Gasteiger partial charge on any atom is 0.406 e. The second kappa shape index (κ2) is 6.78. The topological polar surface area (TPSA) is 76.4 Å². The summed E-state index contributed by atoms with van der Waals surface area (Å²) in [6.07, 6.45) is -4.33. The molecule has 0 radical (unpaired) electrons. The minimum absolute atomic E-state index is 0.0510. The number of nitrogens with one attached hydrogen (secondary N) is 1. The largest absolute Gasteiger partial charge is 0.406 e. The Morgan fingerprint density at radius 3 is 2.83 bits per heavy atom. The third-order valence-corrected chi connectivity index (χ3v) is 3.67. The summed E-state index contributed by atoms with van der Waals surface area (Å²) in [5.74, 6) is -0.726. The van der Waals surface area contributed by atoms with Crippen LogP contribution in [0.5, 0.6) is 0 Å². The minimum Gasteiger partial charge on any atom is -0.332 e. The first kappa shape index (κ1) is 17.6. The Labute approximate surface area is 136 Å². The maximum atomic E-state index is 12.4. The molecule has 0 spiro atoms. The van der Waals surface area contributed by atoms with Crippen molar-refractivity contribution >= 4 is 17.6 Å². The lowest BCUT2D eigenvalue weighted by atomic mass is 10.2. The molecule has 1 saturated heterocycles. The number of likely N-dealkylation sites (N-methyl/N-ethyl adjacent to an activating group) is 1. The Hall–Kier alpha value is -2.76. The number of carbonyl (C=O) groups excluding carboxylic acids is 2. The van der Waals surface area contributed by atoms with Crippen LogP contribution in [0.2, 0.25) is 0 Å². The smallest absolute Gasteiger partial charge is 0.332 e. The SMILES string of the molecule is CN(C(=O)Nc1cccc(C#N)c1)C1CCN(CC(F)(F)F)C1=O. The first-order valence-corrected chi connectivity index (χ1v) is 7.11. The van der Waals surface area contributed by atoms with Gasteiger partial charge in [0.2, 0.25) is 5.91 Å². The lowest BCUT2D eigenvalue weighted by molar-refractivity contribution is -0.158. The summed E-state index contributed by atoms with van der Waals surface area (Å²) in [5, 5.41) is 11.3. The molecule has 1 unspecified atom stereocenters. The maximum absolute atomic E-state index is 12.4. The van der Waals surface area contributed by atoms with Gasteiger partial charge in [-0.1, -0.05) is 6.07 Å². The lowest BCUT2D eigenvalue weighted by Gasteiger charge is -2.24. The molecule has 9 heteroatoms. The van der Waals surface area contributed by atoms with E-state index in [1.165, 1.54) is 13.1 Å². The Bertz CT molecular complexity index is 684. The Morgan fingerprint density at radius 1 is 1.50 bits per heavy atom. The highest BCUT2D eigenvalue weighted by Crippen LogP contribution is 2.23. The molecule has 1 aliphatic rings. The highest BCUT2D eigenvalue weighted by Gasteiger charge is 2.41. The molecular formula is C15H15F3N4O2. The van der Waals surface area contributed by atoms with Crippen LogP contribution in [0, 0.1) is 11.3 Å². The van der Waals surface area contributed by atoms with Crippen LogP contribution in [0.4, 0.5) is 23.7 Å². The highest BCUT2D eigenvalue weighted by molar-refractivity contribution is 5.94. The van der Waals surface area contributed by atoms with Crippen LogP contribution in [-0.2, 0) is 4.79 Å². The molecule has 1 aromatic rings. The number of halogens is 3. The van der Waals surface area contributed by atoms with Crippen molar-refractivity contribution in [2.75, 3.05) is 25.5 Å². The molecule has 6 nitrogen and oxygen atoms in total. The zero-order valence-electron chi connectivity index (χ0n) is 12.8. The molecular weight excluding hydrogens is 325 g/mol. The van der Waals surface area contributed by atoms with Crippen molar-refractivity contribution in [3.8, 4) is 6.07 Å². The van der Waals surface area contributed by atoms with E-state index in [9.17, 15) is 22.8 Å². The Balaban J connectivity index is 2.01. The van der Waals surface area contributed by atoms with Crippen molar-refractivity contribution in [1.29, 1.82) is 5.26 Å². The van der Waals surface area contributed by atoms with E-state index < -0.39 is 30.7 Å². The van der Waals surface area contributed by atoms with Gasteiger partial charge in [0.25, 0.3) is 0 Å². The number of nitrogens with zero attached hydrogens (tertiary/aromatic N) is 3. The zero-order chi connectivity index (χ0) is 17.9. The molecule has 0 aliphatic carbocycles. The molecule has 128 valence electrons. The average Bonchev–Trinajstić information content (AvgIpc) is 2.86. The van der Waals surface area contributed by atoms with Gasteiger partial charge in [-0.05, 0) is 24.6 Å². The quantitative estimate of drug-likeness (QED) is 0.916. The molecule has 3 amide bonds. The second-order valence-corrected chi connectivity index (χ2v) is 5.41. The molecule has 1 heterocycles. The van der Waals surface area contributed by atoms with Crippen molar-refractivity contribution in [1.82, 2.24) is 9.80 Å². The van der Waals surface area contributed by atoms with E-state index >= 15 is 0 Å². The number of nitriles is 1. The van der Waals surface area contributed by atoms with Gasteiger partial charge in [0.05, 0.1) is 11.6 Å². The molecule has 0 aromatic heterocycles. The molecule has 1 fully saturated rings. The van der Waals surface area contributed by atoms with Crippen LogP contribution in [0.1, 0.15) is 12.0 Å². The van der Waals surface area contributed by atoms with Crippen molar-refractivity contribution < 1.29 is 22.8 Å². The van der Waals surface area contributed by atoms with Gasteiger partial charge in [-0.3, -0.25) is 4.79 Å². The van der Waals surface area contributed by atoms with Gasteiger partial charge < -0.3 is 15.1 Å². The van der Waals surface area contributed by atoms with E-state index in [2.05, 4.69) is 5.32 Å². The van der Waals surface area contributed by atoms with Crippen LogP contribution in [0.15, 0.2) is 24.3 Å². The van der Waals surface area contributed by atoms with Crippen molar-refractivity contribution in [2.45, 2.75) is 18.6 Å². The molecule has 1 aliphatic heterocycles. The van der Waals surface area contributed by atoms with E-state index in [0.717, 1.165) is 4.90 Å². The number of carbonyl (C=O) groups is 2. The van der Waals surface area contributed by atoms with Crippen molar-refractivity contribution in [3.05, 3.63) is 29.8 Å². The molecule has 0 saturated carbocycles.